The summed E-state index contributed by atoms with van der Waals surface area (Å²) in [4.78, 5) is 0. The van der Waals surface area contributed by atoms with Crippen LogP contribution in [0.4, 0.5) is 10.1 Å². The van der Waals surface area contributed by atoms with Crippen molar-refractivity contribution in [3.05, 3.63) is 30.3 Å². The number of para-hydroxylation sites is 1. The van der Waals surface area contributed by atoms with Crippen molar-refractivity contribution in [2.75, 3.05) is 18.5 Å². The van der Waals surface area contributed by atoms with E-state index in [2.05, 4.69) is 5.32 Å². The van der Waals surface area contributed by atoms with Crippen molar-refractivity contribution in [1.29, 1.82) is 0 Å². The van der Waals surface area contributed by atoms with Gasteiger partial charge in [0.1, 0.15) is 6.67 Å². The van der Waals surface area contributed by atoms with Crippen molar-refractivity contribution in [2.24, 2.45) is 0 Å². The Morgan fingerprint density at radius 1 is 1.20 bits per heavy atom. The molecule has 1 aromatic rings. The van der Waals surface area contributed by atoms with Crippen molar-refractivity contribution < 1.29 is 4.39 Å². The van der Waals surface area contributed by atoms with Gasteiger partial charge in [0.05, 0.1) is 0 Å². The lowest BCUT2D eigenvalue weighted by atomic mass is 10.3. The van der Waals surface area contributed by atoms with Crippen molar-refractivity contribution in [2.45, 2.75) is 0 Å². The third-order valence-corrected chi connectivity index (χ3v) is 1.20. The number of benzene rings is 1. The van der Waals surface area contributed by atoms with Crippen LogP contribution in [0.1, 0.15) is 0 Å². The minimum Gasteiger partial charge on any atom is -0.382 e. The van der Waals surface area contributed by atoms with Crippen molar-refractivity contribution in [3.63, 3.8) is 0 Å². The minimum atomic E-state index is -0.325. The average Bonchev–Trinajstić information content (AvgIpc) is 2.03. The average molecular weight is 138 g/mol. The second-order valence-corrected chi connectivity index (χ2v) is 1.98. The second-order valence-electron chi connectivity index (χ2n) is 1.98. The molecule has 0 spiro atoms. The Morgan fingerprint density at radius 2 is 1.90 bits per heavy atom. The normalized spacial score (nSPS) is 9.30. The molecule has 1 rings (SSSR count). The molecule has 0 unspecified atom stereocenters. The van der Waals surface area contributed by atoms with E-state index in [0.717, 1.165) is 5.69 Å². The van der Waals surface area contributed by atoms with Crippen LogP contribution in [-0.4, -0.2) is 13.2 Å². The zero-order valence-corrected chi connectivity index (χ0v) is 5.68. The summed E-state index contributed by atoms with van der Waals surface area (Å²) < 4.78 is 11.6. The standard InChI is InChI=1S/C8H10FN/c9-6-7-10-8-4-2-1-3-5-8/h1-5,10H,6-7H2/i9-1. The molecule has 0 atom stereocenters. The van der Waals surface area contributed by atoms with Crippen molar-refractivity contribution in [1.82, 2.24) is 0 Å². The lowest BCUT2D eigenvalue weighted by Crippen LogP contribution is -2.01. The topological polar surface area (TPSA) is 12.0 Å². The molecule has 0 saturated heterocycles. The number of nitrogens with one attached hydrogen (secondary N) is 1. The first-order valence-corrected chi connectivity index (χ1v) is 3.28. The molecule has 0 amide bonds. The Bertz CT molecular complexity index is 174. The zero-order valence-electron chi connectivity index (χ0n) is 5.68. The molecule has 1 N–H and O–H groups in total. The summed E-state index contributed by atoms with van der Waals surface area (Å²) in [6.45, 7) is 0.0684. The van der Waals surface area contributed by atoms with Crippen LogP contribution >= 0.6 is 0 Å². The molecule has 0 aliphatic carbocycles. The van der Waals surface area contributed by atoms with Crippen LogP contribution in [0.3, 0.4) is 0 Å². The monoisotopic (exact) mass is 138 g/mol. The molecule has 0 fully saturated rings. The smallest absolute Gasteiger partial charge is 0.107 e. The zero-order chi connectivity index (χ0) is 7.23. The van der Waals surface area contributed by atoms with Crippen LogP contribution in [0.2, 0.25) is 0 Å². The van der Waals surface area contributed by atoms with E-state index in [9.17, 15) is 4.39 Å². The molecule has 10 heavy (non-hydrogen) atoms. The molecular weight excluding hydrogens is 128 g/mol. The Kier molecular flexibility index (Phi) is 2.74. The summed E-state index contributed by atoms with van der Waals surface area (Å²) in [7, 11) is 0. The van der Waals surface area contributed by atoms with Crippen LogP contribution < -0.4 is 5.32 Å². The molecule has 0 aromatic heterocycles. The Balaban J connectivity index is 2.43. The second kappa shape index (κ2) is 3.88. The van der Waals surface area contributed by atoms with Gasteiger partial charge in [0.2, 0.25) is 0 Å². The largest absolute Gasteiger partial charge is 0.382 e. The molecule has 0 aliphatic heterocycles. The van der Waals surface area contributed by atoms with Crippen molar-refractivity contribution >= 4 is 5.69 Å². The summed E-state index contributed by atoms with van der Waals surface area (Å²) in [5, 5.41) is 2.92. The lowest BCUT2D eigenvalue weighted by molar-refractivity contribution is 0.513. The fourth-order valence-corrected chi connectivity index (χ4v) is 0.748. The van der Waals surface area contributed by atoms with Gasteiger partial charge in [0.15, 0.2) is 0 Å². The predicted octanol–water partition coefficient (Wildman–Crippen LogP) is 2.07. The molecule has 0 heterocycles. The molecule has 2 heteroatoms. The minimum absolute atomic E-state index is 0.325. The van der Waals surface area contributed by atoms with Crippen molar-refractivity contribution in [3.8, 4) is 0 Å². The van der Waals surface area contributed by atoms with E-state index in [-0.39, 0.29) is 6.67 Å². The SMILES string of the molecule is [18F]CCNc1ccccc1. The third kappa shape index (κ3) is 2.05. The van der Waals surface area contributed by atoms with Gasteiger partial charge in [-0.05, 0) is 12.1 Å². The van der Waals surface area contributed by atoms with Gasteiger partial charge < -0.3 is 5.32 Å². The van der Waals surface area contributed by atoms with E-state index in [1.807, 2.05) is 30.3 Å². The maximum Gasteiger partial charge on any atom is 0.107 e. The van der Waals surface area contributed by atoms with E-state index < -0.39 is 0 Å². The Labute approximate surface area is 59.9 Å². The highest BCUT2D eigenvalue weighted by Crippen LogP contribution is 2.03. The van der Waals surface area contributed by atoms with E-state index in [1.165, 1.54) is 0 Å². The van der Waals surface area contributed by atoms with E-state index in [4.69, 9.17) is 0 Å². The lowest BCUT2D eigenvalue weighted by Gasteiger charge is -2.00. The first-order valence-electron chi connectivity index (χ1n) is 3.28. The summed E-state index contributed by atoms with van der Waals surface area (Å²) in [5.74, 6) is 0. The van der Waals surface area contributed by atoms with Crippen LogP contribution in [0, 0.1) is 0 Å². The summed E-state index contributed by atoms with van der Waals surface area (Å²) in [6.07, 6.45) is 0. The predicted molar refractivity (Wildman–Crippen MR) is 40.9 cm³/mol. The number of hydrogen-bond acceptors (Lipinski definition) is 1. The molecule has 0 saturated carbocycles. The van der Waals surface area contributed by atoms with Gasteiger partial charge >= 0.3 is 0 Å². The van der Waals surface area contributed by atoms with Crippen LogP contribution in [0.15, 0.2) is 30.3 Å². The fraction of sp³-hybridized carbons (Fsp3) is 0.250. The van der Waals surface area contributed by atoms with Gasteiger partial charge in [-0.3, -0.25) is 0 Å². The molecule has 0 radical (unpaired) electrons. The molecule has 54 valence electrons. The van der Waals surface area contributed by atoms with Gasteiger partial charge in [-0.1, -0.05) is 18.2 Å². The van der Waals surface area contributed by atoms with E-state index in [1.54, 1.807) is 0 Å². The highest BCUT2D eigenvalue weighted by atomic mass is 18.2. The summed E-state index contributed by atoms with van der Waals surface area (Å²) in [6, 6.07) is 9.59. The fourth-order valence-electron chi connectivity index (χ4n) is 0.748. The van der Waals surface area contributed by atoms with Crippen LogP contribution in [0.25, 0.3) is 0 Å². The van der Waals surface area contributed by atoms with Crippen LogP contribution in [0.5, 0.6) is 0 Å². The van der Waals surface area contributed by atoms with E-state index in [0.29, 0.717) is 6.54 Å². The van der Waals surface area contributed by atoms with Gasteiger partial charge in [-0.2, -0.15) is 0 Å². The highest BCUT2D eigenvalue weighted by molar-refractivity contribution is 5.42. The molecular formula is C8H10FN. The number of halogens is 1. The summed E-state index contributed by atoms with van der Waals surface area (Å²) in [5.41, 5.74) is 0.972. The van der Waals surface area contributed by atoms with Gasteiger partial charge in [-0.15, -0.1) is 0 Å². The summed E-state index contributed by atoms with van der Waals surface area (Å²) >= 11 is 0. The molecule has 1 nitrogen and oxygen atoms in total. The molecule has 0 bridgehead atoms. The van der Waals surface area contributed by atoms with Crippen LogP contribution in [-0.2, 0) is 0 Å². The maximum atomic E-state index is 11.6. The van der Waals surface area contributed by atoms with Gasteiger partial charge in [0.25, 0.3) is 0 Å². The third-order valence-electron chi connectivity index (χ3n) is 1.20. The molecule has 0 aliphatic rings. The van der Waals surface area contributed by atoms with E-state index >= 15 is 0 Å². The Hall–Kier alpha value is -1.05. The molecule has 1 aromatic carbocycles. The number of alkyl halides is 1. The van der Waals surface area contributed by atoms with Gasteiger partial charge in [0, 0.05) is 12.2 Å². The maximum absolute atomic E-state index is 11.6. The number of anilines is 1. The Morgan fingerprint density at radius 3 is 2.50 bits per heavy atom. The number of hydrogen-bond donors (Lipinski definition) is 1. The highest BCUT2D eigenvalue weighted by Gasteiger charge is 1.85. The van der Waals surface area contributed by atoms with Gasteiger partial charge in [-0.25, -0.2) is 4.39 Å². The number of rotatable bonds is 3. The first kappa shape index (κ1) is 7.06. The first-order chi connectivity index (χ1) is 4.93. The quantitative estimate of drug-likeness (QED) is 0.674.